The molecule has 0 spiro atoms. The number of nitrogens with zero attached hydrogens (tertiary/aromatic N) is 4. The van der Waals surface area contributed by atoms with E-state index in [-0.39, 0.29) is 18.4 Å². The highest BCUT2D eigenvalue weighted by molar-refractivity contribution is 7.91. The van der Waals surface area contributed by atoms with Gasteiger partial charge < -0.3 is 9.45 Å². The molecule has 28 heavy (non-hydrogen) atoms. The van der Waals surface area contributed by atoms with E-state index in [9.17, 15) is 9.35 Å². The molecule has 1 aromatic carbocycles. The zero-order valence-electron chi connectivity index (χ0n) is 15.8. The van der Waals surface area contributed by atoms with E-state index in [0.29, 0.717) is 21.3 Å². The Morgan fingerprint density at radius 3 is 2.68 bits per heavy atom. The molecule has 0 radical (unpaired) electrons. The van der Waals surface area contributed by atoms with Gasteiger partial charge in [-0.25, -0.2) is 0 Å². The lowest BCUT2D eigenvalue weighted by Crippen LogP contribution is -2.54. The van der Waals surface area contributed by atoms with Crippen LogP contribution in [0.5, 0.6) is 0 Å². The number of carbonyl (C=O) groups excluding carboxylic acids is 1. The normalized spacial score (nSPS) is 18.7. The summed E-state index contributed by atoms with van der Waals surface area (Å²) in [6.07, 6.45) is 5.40. The summed E-state index contributed by atoms with van der Waals surface area (Å²) in [5, 5.41) is 5.10. The smallest absolute Gasteiger partial charge is 0.267 e. The van der Waals surface area contributed by atoms with Crippen molar-refractivity contribution >= 4 is 46.3 Å². The fourth-order valence-electron chi connectivity index (χ4n) is 3.38. The molecule has 1 amide bonds. The van der Waals surface area contributed by atoms with E-state index in [0.717, 1.165) is 25.9 Å². The lowest BCUT2D eigenvalue weighted by molar-refractivity contribution is -0.118. The van der Waals surface area contributed by atoms with Crippen molar-refractivity contribution < 1.29 is 9.35 Å². The third-order valence-electron chi connectivity index (χ3n) is 4.54. The molecule has 1 fully saturated rings. The number of amides is 1. The van der Waals surface area contributed by atoms with Gasteiger partial charge in [0.15, 0.2) is 11.5 Å². The van der Waals surface area contributed by atoms with Crippen molar-refractivity contribution in [3.63, 3.8) is 0 Å². The summed E-state index contributed by atoms with van der Waals surface area (Å²) in [4.78, 5) is 14.7. The Morgan fingerprint density at radius 1 is 1.36 bits per heavy atom. The van der Waals surface area contributed by atoms with Crippen LogP contribution >= 0.6 is 23.2 Å². The van der Waals surface area contributed by atoms with Gasteiger partial charge in [-0.1, -0.05) is 23.2 Å². The predicted octanol–water partition coefficient (Wildman–Crippen LogP) is 2.57. The number of likely N-dealkylation sites (N-methyl/N-ethyl adjacent to an activating group) is 1. The lowest BCUT2D eigenvalue weighted by Gasteiger charge is -2.36. The number of carbonyl (C=O) groups is 1. The summed E-state index contributed by atoms with van der Waals surface area (Å²) in [5.41, 5.74) is 1.38. The van der Waals surface area contributed by atoms with Gasteiger partial charge in [0.05, 0.1) is 24.9 Å². The summed E-state index contributed by atoms with van der Waals surface area (Å²) in [7, 11) is 3.84. The molecule has 1 N–H and O–H groups in total. The highest BCUT2D eigenvalue weighted by Gasteiger charge is 2.34. The first-order valence-corrected chi connectivity index (χ1v) is 10.8. The van der Waals surface area contributed by atoms with Gasteiger partial charge in [-0.3, -0.25) is 9.48 Å². The Balaban J connectivity index is 1.73. The van der Waals surface area contributed by atoms with E-state index in [4.69, 9.17) is 23.2 Å². The minimum absolute atomic E-state index is 0.0182. The molecule has 152 valence electrons. The average Bonchev–Trinajstić information content (AvgIpc) is 2.99. The maximum atomic E-state index is 13.1. The van der Waals surface area contributed by atoms with Crippen LogP contribution in [-0.2, 0) is 29.8 Å². The molecule has 0 saturated carbocycles. The molecule has 3 rings (SSSR count). The number of hydrogen-bond donors (Lipinski definition) is 1. The Hall–Kier alpha value is -1.45. The molecule has 2 unspecified atom stereocenters. The second kappa shape index (κ2) is 9.37. The fourth-order valence-corrected chi connectivity index (χ4v) is 5.04. The van der Waals surface area contributed by atoms with E-state index in [1.165, 1.54) is 0 Å². The number of aromatic nitrogens is 2. The summed E-state index contributed by atoms with van der Waals surface area (Å²) >= 11 is 10.2. The molecule has 2 aromatic rings. The minimum Gasteiger partial charge on any atom is -0.568 e. The first kappa shape index (κ1) is 21.3. The van der Waals surface area contributed by atoms with Crippen LogP contribution in [0.2, 0.25) is 10.0 Å². The van der Waals surface area contributed by atoms with Gasteiger partial charge >= 0.3 is 0 Å². The van der Waals surface area contributed by atoms with Crippen molar-refractivity contribution in [2.75, 3.05) is 24.4 Å². The summed E-state index contributed by atoms with van der Waals surface area (Å²) < 4.78 is 19.1. The molecule has 2 heterocycles. The maximum absolute atomic E-state index is 13.1. The van der Waals surface area contributed by atoms with Crippen LogP contribution < -0.4 is 9.03 Å². The quantitative estimate of drug-likeness (QED) is 0.694. The Bertz CT molecular complexity index is 814. The number of nitrogens with one attached hydrogen (secondary N) is 1. The second-order valence-corrected chi connectivity index (χ2v) is 8.95. The predicted molar refractivity (Wildman–Crippen MR) is 113 cm³/mol. The van der Waals surface area contributed by atoms with E-state index in [1.807, 2.05) is 7.05 Å². The van der Waals surface area contributed by atoms with Gasteiger partial charge in [0, 0.05) is 23.6 Å². The molecule has 0 bridgehead atoms. The van der Waals surface area contributed by atoms with Crippen LogP contribution in [0.4, 0.5) is 5.69 Å². The first-order chi connectivity index (χ1) is 13.3. The molecular weight excluding hydrogens is 421 g/mol. The number of rotatable bonds is 6. The zero-order valence-corrected chi connectivity index (χ0v) is 18.1. The van der Waals surface area contributed by atoms with Crippen molar-refractivity contribution in [1.29, 1.82) is 0 Å². The molecule has 0 aliphatic carbocycles. The third-order valence-corrected chi connectivity index (χ3v) is 6.25. The summed E-state index contributed by atoms with van der Waals surface area (Å²) in [5.74, 6) is -0.366. The van der Waals surface area contributed by atoms with E-state index in [2.05, 4.69) is 14.7 Å². The minimum atomic E-state index is -1.73. The van der Waals surface area contributed by atoms with Crippen molar-refractivity contribution in [1.82, 2.24) is 19.4 Å². The molecular formula is C18H23Cl2N5O2S. The topological polar surface area (TPSA) is 76.5 Å². The van der Waals surface area contributed by atoms with Crippen molar-refractivity contribution in [2.24, 2.45) is 7.05 Å². The van der Waals surface area contributed by atoms with Crippen LogP contribution in [0, 0.1) is 0 Å². The van der Waals surface area contributed by atoms with E-state index >= 15 is 0 Å². The second-order valence-electron chi connectivity index (χ2n) is 6.99. The lowest BCUT2D eigenvalue weighted by atomic mass is 10.1. The highest BCUT2D eigenvalue weighted by Crippen LogP contribution is 2.25. The Kier molecular flexibility index (Phi) is 7.11. The van der Waals surface area contributed by atoms with Crippen molar-refractivity contribution in [2.45, 2.75) is 25.3 Å². The average molecular weight is 444 g/mol. The Labute approximate surface area is 178 Å². The highest BCUT2D eigenvalue weighted by atomic mass is 35.5. The van der Waals surface area contributed by atoms with Gasteiger partial charge in [0.25, 0.3) is 5.91 Å². The SMILES string of the molecule is CN1CCCC(N(c2cnn(C)c2)[S+]([O-])NC(=O)Cc2cc(Cl)cc(Cl)c2)C1. The van der Waals surface area contributed by atoms with Gasteiger partial charge in [0.1, 0.15) is 5.69 Å². The number of piperidine rings is 1. The number of halogens is 2. The third kappa shape index (κ3) is 5.55. The fraction of sp³-hybridized carbons (Fsp3) is 0.444. The molecule has 10 heteroatoms. The van der Waals surface area contributed by atoms with Gasteiger partial charge in [0.2, 0.25) is 0 Å². The number of hydrogen-bond acceptors (Lipinski definition) is 5. The molecule has 1 saturated heterocycles. The maximum Gasteiger partial charge on any atom is 0.267 e. The van der Waals surface area contributed by atoms with Crippen molar-refractivity contribution in [3.8, 4) is 0 Å². The van der Waals surface area contributed by atoms with E-state index < -0.39 is 11.5 Å². The van der Waals surface area contributed by atoms with Crippen molar-refractivity contribution in [3.05, 3.63) is 46.2 Å². The summed E-state index contributed by atoms with van der Waals surface area (Å²) in [6, 6.07) is 4.96. The number of anilines is 1. The van der Waals surface area contributed by atoms with Crippen LogP contribution in [0.15, 0.2) is 30.6 Å². The molecule has 2 atom stereocenters. The molecule has 1 aliphatic rings. The van der Waals surface area contributed by atoms with E-state index in [1.54, 1.807) is 46.6 Å². The first-order valence-electron chi connectivity index (χ1n) is 8.94. The van der Waals surface area contributed by atoms with Crippen LogP contribution in [0.25, 0.3) is 0 Å². The monoisotopic (exact) mass is 443 g/mol. The summed E-state index contributed by atoms with van der Waals surface area (Å²) in [6.45, 7) is 1.77. The van der Waals surface area contributed by atoms with Crippen LogP contribution in [-0.4, -0.2) is 51.3 Å². The molecule has 7 nitrogen and oxygen atoms in total. The van der Waals surface area contributed by atoms with Gasteiger partial charge in [-0.05, 0) is 50.2 Å². The zero-order chi connectivity index (χ0) is 20.3. The van der Waals surface area contributed by atoms with Crippen LogP contribution in [0.3, 0.4) is 0 Å². The van der Waals surface area contributed by atoms with Gasteiger partial charge in [-0.2, -0.15) is 9.40 Å². The standard InChI is InChI=1S/C18H23Cl2N5O2S/c1-23-5-3-4-16(11-23)25(17-10-21-24(2)12-17)28(27)22-18(26)8-13-6-14(19)9-15(20)7-13/h6-7,9-10,12,16H,3-5,8,11H2,1-2H3,(H,22,26). The molecule has 1 aliphatic heterocycles. The van der Waals surface area contributed by atoms with Gasteiger partial charge in [-0.15, -0.1) is 4.72 Å². The van der Waals surface area contributed by atoms with Crippen LogP contribution in [0.1, 0.15) is 18.4 Å². The molecule has 1 aromatic heterocycles. The Morgan fingerprint density at radius 2 is 2.07 bits per heavy atom. The number of benzene rings is 1. The number of likely N-dealkylation sites (tertiary alicyclic amines) is 1. The largest absolute Gasteiger partial charge is 0.568 e. The number of aryl methyl sites for hydroxylation is 1.